The molecule has 0 spiro atoms. The Kier molecular flexibility index (Phi) is 6.45. The fourth-order valence-electron chi connectivity index (χ4n) is 1.90. The average molecular weight is 349 g/mol. The van der Waals surface area contributed by atoms with E-state index < -0.39 is 29.6 Å². The van der Waals surface area contributed by atoms with Crippen LogP contribution in [-0.4, -0.2) is 24.6 Å². The Morgan fingerprint density at radius 1 is 1.12 bits per heavy atom. The third-order valence-corrected chi connectivity index (χ3v) is 3.18. The molecule has 2 rings (SSSR count). The first-order valence-corrected chi connectivity index (χ1v) is 7.59. The fourth-order valence-corrected chi connectivity index (χ4v) is 1.90. The summed E-state index contributed by atoms with van der Waals surface area (Å²) >= 11 is 0. The third-order valence-electron chi connectivity index (χ3n) is 3.18. The monoisotopic (exact) mass is 349 g/mol. The number of carbonyl (C=O) groups is 2. The summed E-state index contributed by atoms with van der Waals surface area (Å²) in [5.74, 6) is -2.40. The van der Waals surface area contributed by atoms with E-state index in [0.29, 0.717) is 11.8 Å². The van der Waals surface area contributed by atoms with E-state index in [-0.39, 0.29) is 18.7 Å². The molecule has 25 heavy (non-hydrogen) atoms. The van der Waals surface area contributed by atoms with Gasteiger partial charge in [-0.05, 0) is 31.2 Å². The normalized spacial score (nSPS) is 11.5. The molecule has 0 radical (unpaired) electrons. The minimum atomic E-state index is -1.13. The third kappa shape index (κ3) is 5.87. The van der Waals surface area contributed by atoms with Gasteiger partial charge in [0.25, 0.3) is 5.91 Å². The van der Waals surface area contributed by atoms with Crippen molar-refractivity contribution in [3.63, 3.8) is 0 Å². The van der Waals surface area contributed by atoms with Gasteiger partial charge in [-0.25, -0.2) is 8.78 Å². The largest absolute Gasteiger partial charge is 0.493 e. The summed E-state index contributed by atoms with van der Waals surface area (Å²) in [4.78, 5) is 23.6. The SMILES string of the molecule is C[C@@H](OC(=O)CCOc1ccccc1)C(=O)Nc1ccc(F)cc1F. The molecule has 0 bridgehead atoms. The van der Waals surface area contributed by atoms with Crippen LogP contribution in [0, 0.1) is 11.6 Å². The van der Waals surface area contributed by atoms with Gasteiger partial charge in [-0.15, -0.1) is 0 Å². The quantitative estimate of drug-likeness (QED) is 0.779. The van der Waals surface area contributed by atoms with E-state index in [4.69, 9.17) is 9.47 Å². The van der Waals surface area contributed by atoms with E-state index >= 15 is 0 Å². The number of carbonyl (C=O) groups excluding carboxylic acids is 2. The van der Waals surface area contributed by atoms with E-state index in [1.165, 1.54) is 6.92 Å². The Morgan fingerprint density at radius 2 is 1.84 bits per heavy atom. The predicted molar refractivity (Wildman–Crippen MR) is 87.1 cm³/mol. The summed E-state index contributed by atoms with van der Waals surface area (Å²) in [5, 5.41) is 2.24. The highest BCUT2D eigenvalue weighted by Crippen LogP contribution is 2.15. The number of hydrogen-bond donors (Lipinski definition) is 1. The highest BCUT2D eigenvalue weighted by atomic mass is 19.1. The lowest BCUT2D eigenvalue weighted by atomic mass is 10.2. The number of rotatable bonds is 7. The van der Waals surface area contributed by atoms with Crippen LogP contribution in [0.25, 0.3) is 0 Å². The lowest BCUT2D eigenvalue weighted by Gasteiger charge is -2.14. The standard InChI is InChI=1S/C18H17F2NO4/c1-12(18(23)21-16-8-7-13(19)11-15(16)20)25-17(22)9-10-24-14-5-3-2-4-6-14/h2-8,11-12H,9-10H2,1H3,(H,21,23)/t12-/m1/s1. The minimum Gasteiger partial charge on any atom is -0.493 e. The maximum atomic E-state index is 13.5. The molecule has 5 nitrogen and oxygen atoms in total. The van der Waals surface area contributed by atoms with Gasteiger partial charge in [0.1, 0.15) is 17.4 Å². The van der Waals surface area contributed by atoms with E-state index in [1.54, 1.807) is 24.3 Å². The second kappa shape index (κ2) is 8.77. The van der Waals surface area contributed by atoms with Gasteiger partial charge in [0.2, 0.25) is 0 Å². The Bertz CT molecular complexity index is 737. The highest BCUT2D eigenvalue weighted by molar-refractivity contribution is 5.95. The highest BCUT2D eigenvalue weighted by Gasteiger charge is 2.19. The molecule has 0 saturated heterocycles. The summed E-state index contributed by atoms with van der Waals surface area (Å²) in [7, 11) is 0. The van der Waals surface area contributed by atoms with E-state index in [9.17, 15) is 18.4 Å². The molecule has 1 N–H and O–H groups in total. The van der Waals surface area contributed by atoms with Crippen molar-refractivity contribution < 1.29 is 27.8 Å². The Hall–Kier alpha value is -2.96. The molecule has 0 aromatic heterocycles. The minimum absolute atomic E-state index is 0.0442. The molecule has 2 aromatic carbocycles. The number of esters is 1. The van der Waals surface area contributed by atoms with Crippen molar-refractivity contribution >= 4 is 17.6 Å². The van der Waals surface area contributed by atoms with Crippen LogP contribution >= 0.6 is 0 Å². The molecule has 0 heterocycles. The van der Waals surface area contributed by atoms with Crippen molar-refractivity contribution in [3.8, 4) is 5.75 Å². The average Bonchev–Trinajstić information content (AvgIpc) is 2.58. The molecule has 0 aliphatic rings. The van der Waals surface area contributed by atoms with Crippen LogP contribution in [0.5, 0.6) is 5.75 Å². The van der Waals surface area contributed by atoms with E-state index in [2.05, 4.69) is 5.32 Å². The molecular weight excluding hydrogens is 332 g/mol. The topological polar surface area (TPSA) is 64.6 Å². The first-order chi connectivity index (χ1) is 12.0. The fraction of sp³-hybridized carbons (Fsp3) is 0.222. The molecule has 132 valence electrons. The Morgan fingerprint density at radius 3 is 2.52 bits per heavy atom. The van der Waals surface area contributed by atoms with E-state index in [1.807, 2.05) is 6.07 Å². The molecule has 1 amide bonds. The molecule has 0 aliphatic heterocycles. The smallest absolute Gasteiger partial charge is 0.310 e. The first kappa shape index (κ1) is 18.4. The molecule has 2 aromatic rings. The summed E-state index contributed by atoms with van der Waals surface area (Å²) in [5.41, 5.74) is -0.193. The molecule has 7 heteroatoms. The van der Waals surface area contributed by atoms with Gasteiger partial charge in [-0.3, -0.25) is 9.59 Å². The summed E-state index contributed by atoms with van der Waals surface area (Å²) in [6, 6.07) is 11.7. The maximum Gasteiger partial charge on any atom is 0.310 e. The number of ether oxygens (including phenoxy) is 2. The van der Waals surface area contributed by atoms with Crippen LogP contribution in [0.2, 0.25) is 0 Å². The molecule has 0 saturated carbocycles. The lowest BCUT2D eigenvalue weighted by Crippen LogP contribution is -2.30. The van der Waals surface area contributed by atoms with Crippen LogP contribution in [0.4, 0.5) is 14.5 Å². The van der Waals surface area contributed by atoms with Crippen molar-refractivity contribution in [2.45, 2.75) is 19.4 Å². The van der Waals surface area contributed by atoms with E-state index in [0.717, 1.165) is 12.1 Å². The first-order valence-electron chi connectivity index (χ1n) is 7.59. The zero-order valence-electron chi connectivity index (χ0n) is 13.5. The second-order valence-corrected chi connectivity index (χ2v) is 5.16. The van der Waals surface area contributed by atoms with Crippen LogP contribution < -0.4 is 10.1 Å². The zero-order chi connectivity index (χ0) is 18.2. The lowest BCUT2D eigenvalue weighted by molar-refractivity contribution is -0.153. The van der Waals surface area contributed by atoms with Crippen molar-refractivity contribution in [2.75, 3.05) is 11.9 Å². The summed E-state index contributed by atoms with van der Waals surface area (Å²) < 4.78 is 36.6. The predicted octanol–water partition coefficient (Wildman–Crippen LogP) is 3.30. The van der Waals surface area contributed by atoms with Gasteiger partial charge in [-0.1, -0.05) is 18.2 Å². The van der Waals surface area contributed by atoms with Crippen LogP contribution in [0.1, 0.15) is 13.3 Å². The van der Waals surface area contributed by atoms with Crippen molar-refractivity contribution in [1.82, 2.24) is 0 Å². The van der Waals surface area contributed by atoms with Gasteiger partial charge >= 0.3 is 5.97 Å². The molecule has 0 unspecified atom stereocenters. The van der Waals surface area contributed by atoms with Crippen molar-refractivity contribution in [3.05, 3.63) is 60.2 Å². The van der Waals surface area contributed by atoms with Crippen LogP contribution in [0.3, 0.4) is 0 Å². The summed E-state index contributed by atoms with van der Waals surface area (Å²) in [6.07, 6.45) is -1.18. The molecule has 1 atom stereocenters. The number of halogens is 2. The molecular formula is C18H17F2NO4. The molecule has 0 aliphatic carbocycles. The van der Waals surface area contributed by atoms with Gasteiger partial charge in [0, 0.05) is 6.07 Å². The van der Waals surface area contributed by atoms with Gasteiger partial charge in [0.05, 0.1) is 18.7 Å². The van der Waals surface area contributed by atoms with Gasteiger partial charge in [-0.2, -0.15) is 0 Å². The van der Waals surface area contributed by atoms with Crippen molar-refractivity contribution in [2.24, 2.45) is 0 Å². The number of hydrogen-bond acceptors (Lipinski definition) is 4. The van der Waals surface area contributed by atoms with Crippen LogP contribution in [0.15, 0.2) is 48.5 Å². The zero-order valence-corrected chi connectivity index (χ0v) is 13.5. The maximum absolute atomic E-state index is 13.5. The Labute approximate surface area is 143 Å². The summed E-state index contributed by atoms with van der Waals surface area (Å²) in [6.45, 7) is 1.45. The number of benzene rings is 2. The second-order valence-electron chi connectivity index (χ2n) is 5.16. The van der Waals surface area contributed by atoms with Gasteiger partial charge < -0.3 is 14.8 Å². The molecule has 0 fully saturated rings. The number of nitrogens with one attached hydrogen (secondary N) is 1. The Balaban J connectivity index is 1.77. The van der Waals surface area contributed by atoms with Crippen molar-refractivity contribution in [1.29, 1.82) is 0 Å². The number of amides is 1. The number of para-hydroxylation sites is 1. The number of anilines is 1. The van der Waals surface area contributed by atoms with Gasteiger partial charge in [0.15, 0.2) is 6.10 Å². The van der Waals surface area contributed by atoms with Crippen LogP contribution in [-0.2, 0) is 14.3 Å².